The average Bonchev–Trinajstić information content (AvgIpc) is 1.42. The molecule has 36 heteroatoms. The van der Waals surface area contributed by atoms with Crippen molar-refractivity contribution in [2.45, 2.75) is 172 Å². The molecule has 0 unspecified atom stereocenters. The molecule has 14 amide bonds. The van der Waals surface area contributed by atoms with E-state index >= 15 is 19.2 Å². The summed E-state index contributed by atoms with van der Waals surface area (Å²) in [4.78, 5) is 237. The van der Waals surface area contributed by atoms with Gasteiger partial charge in [0.05, 0.1) is 31.8 Å². The van der Waals surface area contributed by atoms with Gasteiger partial charge in [0.25, 0.3) is 0 Å². The highest BCUT2D eigenvalue weighted by atomic mass is 32.2. The number of aromatic hydroxyl groups is 2. The van der Waals surface area contributed by atoms with Crippen molar-refractivity contribution >= 4 is 117 Å². The molecule has 0 bridgehead atoms. The van der Waals surface area contributed by atoms with Crippen LogP contribution >= 0.6 is 11.8 Å². The molecule has 2 heterocycles. The number of rotatable bonds is 52. The van der Waals surface area contributed by atoms with E-state index in [4.69, 9.17) is 11.5 Å². The molecule has 7 rings (SSSR count). The Bertz CT molecular complexity index is 4970. The second-order valence-corrected chi connectivity index (χ2v) is 33.7. The Morgan fingerprint density at radius 1 is 0.453 bits per heavy atom. The van der Waals surface area contributed by atoms with Gasteiger partial charge in [-0.1, -0.05) is 151 Å². The number of carboxylic acid groups (broad SMARTS) is 1. The predicted molar refractivity (Wildman–Crippen MR) is 478 cm³/mol. The van der Waals surface area contributed by atoms with E-state index in [0.717, 1.165) is 21.6 Å². The Hall–Kier alpha value is -13.5. The number of amides is 14. The highest BCUT2D eigenvalue weighted by Gasteiger charge is 2.41. The van der Waals surface area contributed by atoms with Gasteiger partial charge in [0.15, 0.2) is 0 Å². The van der Waals surface area contributed by atoms with Crippen LogP contribution in [0.5, 0.6) is 11.5 Å². The van der Waals surface area contributed by atoms with Crippen LogP contribution in [0.25, 0.3) is 10.9 Å². The number of fused-ring (bicyclic) bond motifs is 1. The van der Waals surface area contributed by atoms with Crippen LogP contribution in [0.1, 0.15) is 113 Å². The van der Waals surface area contributed by atoms with Gasteiger partial charge in [-0.2, -0.15) is 0 Å². The molecule has 10 atom stereocenters. The molecule has 0 radical (unpaired) electrons. The molecule has 0 saturated heterocycles. The first kappa shape index (κ1) is 102. The number of hydrogen-bond donors (Lipinski definition) is 14. The maximum Gasteiger partial charge on any atom is 0.305 e. The lowest BCUT2D eigenvalue weighted by molar-refractivity contribution is -0.151. The number of para-hydroxylation sites is 1. The second kappa shape index (κ2) is 50.6. The van der Waals surface area contributed by atoms with Gasteiger partial charge in [-0.3, -0.25) is 81.7 Å². The molecule has 0 saturated carbocycles. The van der Waals surface area contributed by atoms with Crippen molar-refractivity contribution in [1.29, 1.82) is 0 Å². The topological polar surface area (TPSA) is 524 Å². The number of likely N-dealkylation sites (N-methyl/N-ethyl adjacent to an activating group) is 4. The molecule has 128 heavy (non-hydrogen) atoms. The predicted octanol–water partition coefficient (Wildman–Crippen LogP) is 2.85. The Morgan fingerprint density at radius 2 is 0.930 bits per heavy atom. The van der Waals surface area contributed by atoms with Crippen molar-refractivity contribution in [3.63, 3.8) is 0 Å². The third-order valence-corrected chi connectivity index (χ3v) is 22.2. The molecule has 7 aromatic rings. The van der Waals surface area contributed by atoms with Crippen LogP contribution in [0.4, 0.5) is 0 Å². The van der Waals surface area contributed by atoms with Crippen molar-refractivity contribution in [1.82, 2.24) is 72.1 Å². The number of thioether (sulfide) groups is 1. The second-order valence-electron chi connectivity index (χ2n) is 32.7. The van der Waals surface area contributed by atoms with Gasteiger partial charge < -0.3 is 93.9 Å². The summed E-state index contributed by atoms with van der Waals surface area (Å²) in [7, 11) is 5.37. The molecule has 0 fully saturated rings. The van der Waals surface area contributed by atoms with Crippen LogP contribution in [0.3, 0.4) is 0 Å². The van der Waals surface area contributed by atoms with E-state index in [1.807, 2.05) is 20.8 Å². The number of nitrogens with one attached hydrogen (secondary N) is 9. The number of pyridine rings is 1. The third kappa shape index (κ3) is 33.1. The number of hydrogen-bond acceptors (Lipinski definition) is 20. The summed E-state index contributed by atoms with van der Waals surface area (Å²) in [6.07, 6.45) is 4.32. The molecule has 2 aromatic heterocycles. The summed E-state index contributed by atoms with van der Waals surface area (Å²) >= 11 is 0.826. The molecule has 0 aliphatic heterocycles. The Kier molecular flexibility index (Phi) is 40.1. The minimum absolute atomic E-state index is 0.00173. The number of carbonyl (C=O) groups is 16. The van der Waals surface area contributed by atoms with Gasteiger partial charge in [0.2, 0.25) is 82.7 Å². The number of H-pyrrole nitrogens is 1. The lowest BCUT2D eigenvalue weighted by Gasteiger charge is -2.37. The zero-order chi connectivity index (χ0) is 93.8. The minimum Gasteiger partial charge on any atom is -0.508 e. The third-order valence-electron chi connectivity index (χ3n) is 21.2. The van der Waals surface area contributed by atoms with Crippen LogP contribution < -0.4 is 54.0 Å². The number of nitrogens with two attached hydrogens (primary N) is 2. The number of phenolic OH excluding ortho intramolecular Hbond substituents is 2. The van der Waals surface area contributed by atoms with Crippen molar-refractivity contribution in [3.05, 3.63) is 198 Å². The van der Waals surface area contributed by atoms with E-state index in [0.29, 0.717) is 57.1 Å². The number of ketones is 1. The smallest absolute Gasteiger partial charge is 0.305 e. The van der Waals surface area contributed by atoms with Crippen LogP contribution in [-0.2, 0) is 115 Å². The molecule has 686 valence electrons. The Balaban J connectivity index is 1.12. The van der Waals surface area contributed by atoms with Gasteiger partial charge >= 0.3 is 5.97 Å². The SMILES string of the molecule is CCCC[C@@H](C(=O)N(C)CC(=O)N[C@@H](CC(=O)O)C(N)=O)N(C)C(=O)[C@H](Cc1ccccc1)N(C)C(=O)[C@H](Cc1ccccc1)NC(=O)CSC[C@H](NC(=O)[C@H](CC(C)C)NC(=O)[C@H](Cc1ccc(O)cc1)NC(=O)[C@H](Cc1c[nH]c2ccccc12)NC(=O)CN(C)C(=O)[C@H](Cc1ccc(O)cc1)NC(=O)[C@@H](CC(=O)CC(C)C)Cc1ccncc1)C(=O)NCC(N)=O. The lowest BCUT2D eigenvalue weighted by atomic mass is 9.90. The molecule has 5 aromatic carbocycles. The number of phenols is 2. The highest BCUT2D eigenvalue weighted by Crippen LogP contribution is 2.25. The van der Waals surface area contributed by atoms with E-state index in [-0.39, 0.29) is 99.1 Å². The first-order valence-electron chi connectivity index (χ1n) is 42.2. The molecule has 0 aliphatic carbocycles. The number of carbonyl (C=O) groups excluding carboxylic acids is 15. The molecule has 16 N–H and O–H groups in total. The van der Waals surface area contributed by atoms with Gasteiger partial charge in [-0.05, 0) is 107 Å². The fourth-order valence-corrected chi connectivity index (χ4v) is 15.3. The van der Waals surface area contributed by atoms with Gasteiger partial charge in [0, 0.05) is 114 Å². The number of primary amides is 2. The summed E-state index contributed by atoms with van der Waals surface area (Å²) in [6.45, 7) is 7.07. The van der Waals surface area contributed by atoms with Gasteiger partial charge in [-0.15, -0.1) is 11.8 Å². The normalized spacial score (nSPS) is 13.5. The van der Waals surface area contributed by atoms with E-state index < -0.39 is 181 Å². The van der Waals surface area contributed by atoms with Crippen molar-refractivity contribution in [2.24, 2.45) is 29.2 Å². The highest BCUT2D eigenvalue weighted by molar-refractivity contribution is 8.00. The zero-order valence-electron chi connectivity index (χ0n) is 73.4. The maximum atomic E-state index is 15.3. The summed E-state index contributed by atoms with van der Waals surface area (Å²) in [5, 5.41) is 51.7. The van der Waals surface area contributed by atoms with E-state index in [2.05, 4.69) is 52.5 Å². The number of aromatic amines is 1. The summed E-state index contributed by atoms with van der Waals surface area (Å²) < 4.78 is 0. The van der Waals surface area contributed by atoms with E-state index in [9.17, 15) is 72.9 Å². The van der Waals surface area contributed by atoms with E-state index in [1.165, 1.54) is 74.4 Å². The number of aliphatic carboxylic acids is 1. The maximum absolute atomic E-state index is 15.3. The van der Waals surface area contributed by atoms with Crippen molar-refractivity contribution in [2.75, 3.05) is 59.3 Å². The zero-order valence-corrected chi connectivity index (χ0v) is 74.2. The molecular formula is C92H118N16O19S. The first-order valence-corrected chi connectivity index (χ1v) is 43.4. The Labute approximate surface area is 747 Å². The van der Waals surface area contributed by atoms with E-state index in [1.54, 1.807) is 142 Å². The van der Waals surface area contributed by atoms with Crippen molar-refractivity contribution in [3.8, 4) is 11.5 Å². The van der Waals surface area contributed by atoms with Gasteiger partial charge in [-0.25, -0.2) is 0 Å². The average molecular weight is 1780 g/mol. The van der Waals surface area contributed by atoms with Crippen LogP contribution in [-0.4, -0.2) is 253 Å². The monoisotopic (exact) mass is 1780 g/mol. The number of unbranched alkanes of at least 4 members (excludes halogenated alkanes) is 1. The van der Waals surface area contributed by atoms with Crippen molar-refractivity contribution < 1.29 is 92.0 Å². The number of benzene rings is 5. The number of Topliss-reactive ketones (excluding diaryl/α,β-unsaturated/α-hetero) is 1. The van der Waals surface area contributed by atoms with Gasteiger partial charge in [0.1, 0.15) is 71.7 Å². The number of carboxylic acids is 1. The number of aromatic nitrogens is 2. The van der Waals surface area contributed by atoms with Crippen LogP contribution in [0.15, 0.2) is 164 Å². The van der Waals surface area contributed by atoms with Crippen LogP contribution in [0.2, 0.25) is 0 Å². The minimum atomic E-state index is -1.59. The molecule has 0 spiro atoms. The summed E-state index contributed by atoms with van der Waals surface area (Å²) in [6, 6.07) is 26.5. The quantitative estimate of drug-likeness (QED) is 0.0261. The lowest BCUT2D eigenvalue weighted by Crippen LogP contribution is -2.60. The molecular weight excluding hydrogens is 1670 g/mol. The van der Waals surface area contributed by atoms with Crippen LogP contribution in [0, 0.1) is 17.8 Å². The first-order chi connectivity index (χ1) is 60.9. The standard InChI is InChI=1S/C92H118N16O19S/c1-10-11-26-76(91(126)106(7)52-79(113)98-69(83(94)118)48-82(116)117)107(8)92(127)77(45-58-22-16-13-17-23-58)108(9)90(125)74(43-57-20-14-12-15-21-57)100-81(115)54-128-53-75(85(120)97-50-78(93)112)104-86(121)70(40-56(4)5)101-87(122)71(42-59-27-31-64(109)32-28-59)102-88(123)72(47-63-49-96-68-25-19-18-24-67(63)68)99-80(114)51-105(6)89(124)73(44-60-29-33-65(110)34-30-60)103-84(119)62(46-66(111)39-55(2)3)41-61-35-37-95-38-36-61/h12-25,27-38,49,55-56,62,69-77,96,109-110H,10-11,26,39-48,50-54H2,1-9H3,(H2,93,112)(H2,94,118)(H,97,120)(H,98,113)(H,99,114)(H,100,115)(H,101,122)(H,102,123)(H,103,119)(H,104,121)(H,116,117)/t62-,69+,70+,71+,72+,73+,74+,75+,76+,77+/m1/s1. The largest absolute Gasteiger partial charge is 0.508 e. The Morgan fingerprint density at radius 3 is 1.48 bits per heavy atom. The summed E-state index contributed by atoms with van der Waals surface area (Å²) in [5.74, 6) is -15.7. The fraction of sp³-hybridized carbons (Fsp3) is 0.424. The fourth-order valence-electron chi connectivity index (χ4n) is 14.5. The summed E-state index contributed by atoms with van der Waals surface area (Å²) in [5.41, 5.74) is 14.9. The number of nitrogens with zero attached hydrogens (tertiary/aromatic N) is 5. The molecule has 0 aliphatic rings. The molecule has 35 nitrogen and oxygen atoms in total.